The SMILES string of the molecule is C=C1C2C[C@@H]3OC(CC(O)CN)[C@H](OC)C3CC(=O)CC3CCC4O[C@@H]5CC(O[C@@]6(CCC7CC(=C)[C@H](CCC(C[C@H]1C)O2)O7)C[C@@H](O)C5O6)[C@H]4O3. The molecule has 1 spiro atoms. The van der Waals surface area contributed by atoms with Crippen LogP contribution >= 0.6 is 0 Å². The minimum atomic E-state index is -0.947. The summed E-state index contributed by atoms with van der Waals surface area (Å²) in [6.45, 7) is 11.2. The quantitative estimate of drug-likeness (QED) is 0.363. The summed E-state index contributed by atoms with van der Waals surface area (Å²) in [5.74, 6) is -0.819. The second-order valence-electron chi connectivity index (χ2n) is 17.2. The number of carbonyl (C=O) groups excluding carboxylic acids is 1. The fraction of sp³-hybridized carbons (Fsp3) is 0.875. The van der Waals surface area contributed by atoms with Gasteiger partial charge in [0.05, 0.1) is 79.4 Å². The van der Waals surface area contributed by atoms with E-state index in [-0.39, 0.29) is 104 Å². The summed E-state index contributed by atoms with van der Waals surface area (Å²) in [5.41, 5.74) is 7.96. The minimum Gasteiger partial charge on any atom is -0.392 e. The average molecular weight is 732 g/mol. The van der Waals surface area contributed by atoms with Gasteiger partial charge in [0, 0.05) is 64.5 Å². The zero-order valence-electron chi connectivity index (χ0n) is 31.0. The van der Waals surface area contributed by atoms with Gasteiger partial charge in [0.25, 0.3) is 0 Å². The summed E-state index contributed by atoms with van der Waals surface area (Å²) in [6.07, 6.45) is 3.90. The molecule has 8 saturated heterocycles. The van der Waals surface area contributed by atoms with E-state index >= 15 is 0 Å². The summed E-state index contributed by atoms with van der Waals surface area (Å²) in [7, 11) is 1.65. The number of methoxy groups -OCH3 is 1. The molecule has 4 N–H and O–H groups in total. The van der Waals surface area contributed by atoms with Gasteiger partial charge in [-0.15, -0.1) is 0 Å². The van der Waals surface area contributed by atoms with Crippen molar-refractivity contribution in [1.82, 2.24) is 0 Å². The second kappa shape index (κ2) is 15.3. The molecule has 8 fully saturated rings. The normalized spacial score (nSPS) is 50.4. The number of aliphatic hydroxyl groups is 2. The van der Waals surface area contributed by atoms with Crippen LogP contribution in [0.15, 0.2) is 24.3 Å². The fourth-order valence-corrected chi connectivity index (χ4v) is 10.8. The number of hydrogen-bond donors (Lipinski definition) is 3. The van der Waals surface area contributed by atoms with Gasteiger partial charge in [0.1, 0.15) is 18.0 Å². The Hall–Kier alpha value is -1.29. The lowest BCUT2D eigenvalue weighted by Gasteiger charge is -2.47. The predicted octanol–water partition coefficient (Wildman–Crippen LogP) is 3.42. The molecule has 12 nitrogen and oxygen atoms in total. The highest BCUT2D eigenvalue weighted by molar-refractivity contribution is 5.79. The maximum Gasteiger partial charge on any atom is 0.172 e. The Kier molecular flexibility index (Phi) is 11.1. The van der Waals surface area contributed by atoms with Gasteiger partial charge in [-0.2, -0.15) is 0 Å². The van der Waals surface area contributed by atoms with Crippen LogP contribution in [0.25, 0.3) is 0 Å². The van der Waals surface area contributed by atoms with Crippen LogP contribution in [0.5, 0.6) is 0 Å². The first kappa shape index (κ1) is 37.6. The van der Waals surface area contributed by atoms with Gasteiger partial charge in [-0.3, -0.25) is 4.79 Å². The summed E-state index contributed by atoms with van der Waals surface area (Å²) < 4.78 is 52.9. The fourth-order valence-electron chi connectivity index (χ4n) is 10.8. The van der Waals surface area contributed by atoms with Crippen molar-refractivity contribution in [1.29, 1.82) is 0 Å². The third kappa shape index (κ3) is 7.48. The summed E-state index contributed by atoms with van der Waals surface area (Å²) in [6, 6.07) is 0. The number of ketones is 1. The monoisotopic (exact) mass is 731 g/mol. The Balaban J connectivity index is 1.06. The summed E-state index contributed by atoms with van der Waals surface area (Å²) in [5, 5.41) is 21.7. The molecule has 12 heteroatoms. The number of ether oxygens (including phenoxy) is 8. The van der Waals surface area contributed by atoms with E-state index in [0.717, 1.165) is 49.7 Å². The van der Waals surface area contributed by atoms with Crippen molar-refractivity contribution in [2.75, 3.05) is 13.7 Å². The standard InChI is InChI=1S/C40H61NO11/c1-20-11-25-5-7-30-21(2)12-27(46-30)9-10-40-18-29(44)38(52-40)35-17-36(51-40)39-31(49-35)8-6-26(48-39)13-23(42)14-28-33(16-32(47-25)22(20)3)50-34(37(28)45-4)15-24(43)19-41/h20,24-39,43-44H,2-3,5-19,41H2,1,4H3/t20-,24?,25?,26?,27?,28?,29-,30+,31?,32?,33+,34?,35-,36?,37-,38?,39+,40-/m1/s1. The number of hydrogen-bond acceptors (Lipinski definition) is 12. The Morgan fingerprint density at radius 3 is 2.44 bits per heavy atom. The highest BCUT2D eigenvalue weighted by atomic mass is 16.7. The number of Topliss-reactive ketones (excluding diaryl/α,β-unsaturated/α-hetero) is 1. The lowest BCUT2D eigenvalue weighted by atomic mass is 9.81. The molecule has 8 rings (SSSR count). The molecule has 0 aromatic rings. The first-order chi connectivity index (χ1) is 25.0. The van der Waals surface area contributed by atoms with Gasteiger partial charge in [0.2, 0.25) is 0 Å². The molecule has 10 unspecified atom stereocenters. The maximum absolute atomic E-state index is 14.0. The van der Waals surface area contributed by atoms with Crippen LogP contribution in [0.1, 0.15) is 96.8 Å². The van der Waals surface area contributed by atoms with Crippen LogP contribution < -0.4 is 5.73 Å². The van der Waals surface area contributed by atoms with Crippen molar-refractivity contribution in [2.45, 2.75) is 194 Å². The molecule has 8 aliphatic rings. The number of rotatable bonds is 4. The highest BCUT2D eigenvalue weighted by Crippen LogP contribution is 2.49. The van der Waals surface area contributed by atoms with Crippen LogP contribution in [-0.2, 0) is 42.7 Å². The molecule has 8 heterocycles. The molecular weight excluding hydrogens is 670 g/mol. The van der Waals surface area contributed by atoms with E-state index in [9.17, 15) is 15.0 Å². The lowest BCUT2D eigenvalue weighted by molar-refractivity contribution is -0.277. The molecule has 52 heavy (non-hydrogen) atoms. The largest absolute Gasteiger partial charge is 0.392 e. The molecular formula is C40H61NO11. The summed E-state index contributed by atoms with van der Waals surface area (Å²) >= 11 is 0. The lowest BCUT2D eigenvalue weighted by Crippen LogP contribution is -2.58. The van der Waals surface area contributed by atoms with Crippen molar-refractivity contribution in [3.8, 4) is 0 Å². The van der Waals surface area contributed by atoms with Crippen molar-refractivity contribution < 1.29 is 52.9 Å². The maximum atomic E-state index is 14.0. The van der Waals surface area contributed by atoms with Crippen LogP contribution in [-0.4, -0.2) is 127 Å². The number of fused-ring (bicyclic) bond motifs is 9. The third-order valence-corrected chi connectivity index (χ3v) is 13.6. The van der Waals surface area contributed by atoms with Gasteiger partial charge >= 0.3 is 0 Å². The third-order valence-electron chi connectivity index (χ3n) is 13.6. The van der Waals surface area contributed by atoms with Gasteiger partial charge in [-0.1, -0.05) is 20.1 Å². The second-order valence-corrected chi connectivity index (χ2v) is 17.2. The van der Waals surface area contributed by atoms with Crippen LogP contribution in [0.4, 0.5) is 0 Å². The van der Waals surface area contributed by atoms with Crippen molar-refractivity contribution in [3.05, 3.63) is 24.3 Å². The van der Waals surface area contributed by atoms with Crippen LogP contribution in [0.2, 0.25) is 0 Å². The van der Waals surface area contributed by atoms with Crippen LogP contribution in [0, 0.1) is 11.8 Å². The number of nitrogens with two attached hydrogens (primary N) is 1. The average Bonchev–Trinajstić information content (AvgIpc) is 3.72. The first-order valence-corrected chi connectivity index (χ1v) is 20.1. The van der Waals surface area contributed by atoms with Crippen molar-refractivity contribution >= 4 is 5.78 Å². The number of aliphatic hydroxyl groups excluding tert-OH is 2. The predicted molar refractivity (Wildman–Crippen MR) is 188 cm³/mol. The molecule has 292 valence electrons. The van der Waals surface area contributed by atoms with E-state index in [1.54, 1.807) is 7.11 Å². The first-order valence-electron chi connectivity index (χ1n) is 20.1. The molecule has 0 aliphatic carbocycles. The van der Waals surface area contributed by atoms with Gasteiger partial charge in [0.15, 0.2) is 5.79 Å². The molecule has 18 atom stereocenters. The zero-order valence-corrected chi connectivity index (χ0v) is 31.0. The molecule has 0 aromatic carbocycles. The summed E-state index contributed by atoms with van der Waals surface area (Å²) in [4.78, 5) is 14.0. The van der Waals surface area contributed by atoms with Crippen molar-refractivity contribution in [3.63, 3.8) is 0 Å². The molecule has 10 bridgehead atoms. The number of carbonyl (C=O) groups is 1. The van der Waals surface area contributed by atoms with E-state index in [2.05, 4.69) is 20.1 Å². The molecule has 0 amide bonds. The van der Waals surface area contributed by atoms with E-state index in [0.29, 0.717) is 38.5 Å². The Bertz CT molecular complexity index is 1330. The molecule has 0 aromatic heterocycles. The van der Waals surface area contributed by atoms with Gasteiger partial charge in [-0.05, 0) is 62.0 Å². The van der Waals surface area contributed by atoms with E-state index < -0.39 is 30.2 Å². The highest BCUT2D eigenvalue weighted by Gasteiger charge is 2.59. The van der Waals surface area contributed by atoms with Gasteiger partial charge < -0.3 is 53.8 Å². The molecule has 0 saturated carbocycles. The Morgan fingerprint density at radius 1 is 0.846 bits per heavy atom. The molecule has 0 radical (unpaired) electrons. The Morgan fingerprint density at radius 2 is 1.63 bits per heavy atom. The van der Waals surface area contributed by atoms with Crippen molar-refractivity contribution in [2.24, 2.45) is 17.6 Å². The zero-order chi connectivity index (χ0) is 36.3. The van der Waals surface area contributed by atoms with E-state index in [4.69, 9.17) is 43.6 Å². The van der Waals surface area contributed by atoms with Gasteiger partial charge in [-0.25, -0.2) is 0 Å². The Labute approximate surface area is 308 Å². The van der Waals surface area contributed by atoms with Crippen LogP contribution in [0.3, 0.4) is 0 Å². The smallest absolute Gasteiger partial charge is 0.172 e. The van der Waals surface area contributed by atoms with E-state index in [1.165, 1.54) is 0 Å². The molecule has 8 aliphatic heterocycles. The topological polar surface area (TPSA) is 157 Å². The van der Waals surface area contributed by atoms with E-state index in [1.807, 2.05) is 0 Å². The minimum absolute atomic E-state index is 0.00397.